The topological polar surface area (TPSA) is 0 Å². The largest absolute Gasteiger partial charge is 0.0736 e. The zero-order valence-electron chi connectivity index (χ0n) is 27.8. The van der Waals surface area contributed by atoms with Crippen LogP contribution in [0.3, 0.4) is 0 Å². The fourth-order valence-electron chi connectivity index (χ4n) is 6.52. The predicted molar refractivity (Wildman–Crippen MR) is 182 cm³/mol. The van der Waals surface area contributed by atoms with Crippen molar-refractivity contribution in [2.75, 3.05) is 0 Å². The SMILES string of the molecule is CC(C=CC=C(C)CCC1=C(C)CCCC1(C)C)=CC=CC=C(C)C=CC=C(C)CCC1=C(C)CCCC1(C)C. The van der Waals surface area contributed by atoms with Crippen molar-refractivity contribution in [3.05, 3.63) is 105 Å². The van der Waals surface area contributed by atoms with Crippen molar-refractivity contribution in [1.82, 2.24) is 0 Å². The van der Waals surface area contributed by atoms with E-state index in [4.69, 9.17) is 0 Å². The Kier molecular flexibility index (Phi) is 13.7. The molecule has 2 aliphatic carbocycles. The van der Waals surface area contributed by atoms with Gasteiger partial charge in [-0.2, -0.15) is 0 Å². The van der Waals surface area contributed by atoms with Crippen LogP contribution in [-0.4, -0.2) is 0 Å². The van der Waals surface area contributed by atoms with Crippen molar-refractivity contribution >= 4 is 0 Å². The Labute approximate surface area is 249 Å². The molecule has 0 N–H and O–H groups in total. The molecule has 220 valence electrons. The van der Waals surface area contributed by atoms with E-state index >= 15 is 0 Å². The maximum atomic E-state index is 2.43. The quantitative estimate of drug-likeness (QED) is 0.170. The molecule has 2 rings (SSSR count). The molecule has 0 aromatic rings. The minimum Gasteiger partial charge on any atom is -0.0736 e. The number of allylic oxidation sites excluding steroid dienone is 18. The molecule has 0 nitrogen and oxygen atoms in total. The van der Waals surface area contributed by atoms with Gasteiger partial charge < -0.3 is 0 Å². The first-order chi connectivity index (χ1) is 18.8. The van der Waals surface area contributed by atoms with Gasteiger partial charge in [-0.25, -0.2) is 0 Å². The normalized spacial score (nSPS) is 21.6. The summed E-state index contributed by atoms with van der Waals surface area (Å²) in [6, 6.07) is 0. The van der Waals surface area contributed by atoms with Crippen LogP contribution < -0.4 is 0 Å². The van der Waals surface area contributed by atoms with Crippen molar-refractivity contribution in [2.24, 2.45) is 10.8 Å². The van der Waals surface area contributed by atoms with E-state index in [1.807, 2.05) is 0 Å². The van der Waals surface area contributed by atoms with Crippen LogP contribution in [0.5, 0.6) is 0 Å². The molecule has 0 spiro atoms. The summed E-state index contributed by atoms with van der Waals surface area (Å²) in [7, 11) is 0. The average Bonchev–Trinajstić information content (AvgIpc) is 2.85. The Bertz CT molecular complexity index is 1030. The van der Waals surface area contributed by atoms with E-state index in [0.29, 0.717) is 10.8 Å². The van der Waals surface area contributed by atoms with Crippen LogP contribution in [-0.2, 0) is 0 Å². The molecule has 0 radical (unpaired) electrons. The summed E-state index contributed by atoms with van der Waals surface area (Å²) >= 11 is 0. The van der Waals surface area contributed by atoms with Gasteiger partial charge >= 0.3 is 0 Å². The van der Waals surface area contributed by atoms with E-state index in [9.17, 15) is 0 Å². The van der Waals surface area contributed by atoms with Gasteiger partial charge in [0.05, 0.1) is 0 Å². The first-order valence-electron chi connectivity index (χ1n) is 15.9. The van der Waals surface area contributed by atoms with E-state index in [1.54, 1.807) is 22.3 Å². The van der Waals surface area contributed by atoms with Gasteiger partial charge in [-0.15, -0.1) is 0 Å². The van der Waals surface area contributed by atoms with Gasteiger partial charge in [0.1, 0.15) is 0 Å². The van der Waals surface area contributed by atoms with E-state index in [0.717, 1.165) is 12.8 Å². The monoisotopic (exact) mass is 540 g/mol. The molecule has 0 heterocycles. The van der Waals surface area contributed by atoms with Crippen molar-refractivity contribution in [2.45, 2.75) is 133 Å². The summed E-state index contributed by atoms with van der Waals surface area (Å²) < 4.78 is 0. The van der Waals surface area contributed by atoms with Crippen LogP contribution in [0.2, 0.25) is 0 Å². The fourth-order valence-corrected chi connectivity index (χ4v) is 6.52. The number of rotatable bonds is 12. The molecular weight excluding hydrogens is 480 g/mol. The maximum absolute atomic E-state index is 2.43. The Balaban J connectivity index is 1.80. The molecule has 0 aliphatic heterocycles. The molecule has 0 saturated heterocycles. The van der Waals surface area contributed by atoms with Crippen LogP contribution >= 0.6 is 0 Å². The Morgan fingerprint density at radius 3 is 1.30 bits per heavy atom. The molecule has 0 atom stereocenters. The van der Waals surface area contributed by atoms with Crippen molar-refractivity contribution in [1.29, 1.82) is 0 Å². The molecule has 0 amide bonds. The zero-order chi connectivity index (χ0) is 29.8. The minimum atomic E-state index is 0.381. The zero-order valence-corrected chi connectivity index (χ0v) is 27.8. The van der Waals surface area contributed by atoms with Crippen molar-refractivity contribution in [3.63, 3.8) is 0 Å². The van der Waals surface area contributed by atoms with Crippen LogP contribution in [0, 0.1) is 10.8 Å². The summed E-state index contributed by atoms with van der Waals surface area (Å²) in [4.78, 5) is 0. The lowest BCUT2D eigenvalue weighted by atomic mass is 9.71. The van der Waals surface area contributed by atoms with Crippen molar-refractivity contribution in [3.8, 4) is 0 Å². The molecule has 0 bridgehead atoms. The van der Waals surface area contributed by atoms with E-state index < -0.39 is 0 Å². The summed E-state index contributed by atoms with van der Waals surface area (Å²) in [5.41, 5.74) is 12.9. The number of hydrogen-bond donors (Lipinski definition) is 0. The van der Waals surface area contributed by atoms with E-state index in [2.05, 4.69) is 130 Å². The molecular formula is C40H60. The van der Waals surface area contributed by atoms with Gasteiger partial charge in [0.25, 0.3) is 0 Å². The van der Waals surface area contributed by atoms with E-state index in [-0.39, 0.29) is 0 Å². The molecule has 0 heteroatoms. The van der Waals surface area contributed by atoms with Crippen LogP contribution in [0.1, 0.15) is 133 Å². The third-order valence-electron chi connectivity index (χ3n) is 9.22. The second-order valence-electron chi connectivity index (χ2n) is 13.9. The lowest BCUT2D eigenvalue weighted by Crippen LogP contribution is -2.20. The molecule has 0 fully saturated rings. The highest BCUT2D eigenvalue weighted by Gasteiger charge is 2.28. The van der Waals surface area contributed by atoms with Gasteiger partial charge in [-0.3, -0.25) is 0 Å². The molecule has 0 saturated carbocycles. The van der Waals surface area contributed by atoms with Gasteiger partial charge in [0.15, 0.2) is 0 Å². The lowest BCUT2D eigenvalue weighted by molar-refractivity contribution is 0.354. The Hall–Kier alpha value is -2.34. The minimum absolute atomic E-state index is 0.381. The molecule has 0 unspecified atom stereocenters. The van der Waals surface area contributed by atoms with Crippen LogP contribution in [0.15, 0.2) is 105 Å². The second kappa shape index (κ2) is 16.2. The maximum Gasteiger partial charge on any atom is -0.0142 e. The summed E-state index contributed by atoms with van der Waals surface area (Å²) in [6.45, 7) is 23.3. The smallest absolute Gasteiger partial charge is 0.0142 e. The van der Waals surface area contributed by atoms with Crippen molar-refractivity contribution < 1.29 is 0 Å². The van der Waals surface area contributed by atoms with Crippen LogP contribution in [0.25, 0.3) is 0 Å². The molecule has 40 heavy (non-hydrogen) atoms. The van der Waals surface area contributed by atoms with Gasteiger partial charge in [0.2, 0.25) is 0 Å². The molecule has 2 aliphatic rings. The standard InChI is InChI=1S/C40H60/c1-31(19-13-21-33(3)25-27-37-35(5)23-15-29-39(37,7)8)17-11-12-18-32(2)20-14-22-34(4)26-28-38-36(6)24-16-30-40(38,9)10/h11-14,17-22H,15-16,23-30H2,1-10H3. The lowest BCUT2D eigenvalue weighted by Gasteiger charge is -2.34. The average molecular weight is 541 g/mol. The highest BCUT2D eigenvalue weighted by molar-refractivity contribution is 5.31. The first kappa shape index (κ1) is 33.9. The van der Waals surface area contributed by atoms with E-state index in [1.165, 1.54) is 73.7 Å². The summed E-state index contributed by atoms with van der Waals surface area (Å²) in [5, 5.41) is 0. The highest BCUT2D eigenvalue weighted by Crippen LogP contribution is 2.43. The third kappa shape index (κ3) is 11.6. The highest BCUT2D eigenvalue weighted by atomic mass is 14.3. The second-order valence-corrected chi connectivity index (χ2v) is 13.9. The molecule has 0 aromatic carbocycles. The van der Waals surface area contributed by atoms with Gasteiger partial charge in [0, 0.05) is 0 Å². The number of hydrogen-bond acceptors (Lipinski definition) is 0. The summed E-state index contributed by atoms with van der Waals surface area (Å²) in [5.74, 6) is 0. The van der Waals surface area contributed by atoms with Crippen LogP contribution in [0.4, 0.5) is 0 Å². The first-order valence-corrected chi connectivity index (χ1v) is 15.9. The predicted octanol–water partition coefficient (Wildman–Crippen LogP) is 13.1. The Morgan fingerprint density at radius 2 is 0.950 bits per heavy atom. The van der Waals surface area contributed by atoms with Gasteiger partial charge in [-0.05, 0) is 117 Å². The fraction of sp³-hybridized carbons (Fsp3) is 0.550. The molecule has 0 aromatic heterocycles. The third-order valence-corrected chi connectivity index (χ3v) is 9.22. The van der Waals surface area contributed by atoms with Gasteiger partial charge in [-0.1, -0.05) is 133 Å². The Morgan fingerprint density at radius 1 is 0.575 bits per heavy atom. The summed E-state index contributed by atoms with van der Waals surface area (Å²) in [6.07, 6.45) is 34.7.